The molecule has 1 fully saturated rings. The molecule has 0 saturated heterocycles. The van der Waals surface area contributed by atoms with Crippen molar-refractivity contribution in [2.45, 2.75) is 44.1 Å². The molecular formula is C21H22FNO2. The quantitative estimate of drug-likeness (QED) is 0.905. The monoisotopic (exact) mass is 339 g/mol. The van der Waals surface area contributed by atoms with E-state index in [2.05, 4.69) is 17.4 Å². The maximum absolute atomic E-state index is 13.1. The first-order valence-corrected chi connectivity index (χ1v) is 8.88. The SMILES string of the molecule is CC(Cc1ccc2c(c1)CCO2)NC(=O)C1(c2ccc(F)cc2)CC1. The largest absolute Gasteiger partial charge is 0.493 e. The van der Waals surface area contributed by atoms with Crippen LogP contribution in [0.5, 0.6) is 5.75 Å². The number of benzene rings is 2. The fourth-order valence-corrected chi connectivity index (χ4v) is 3.67. The van der Waals surface area contributed by atoms with E-state index in [1.807, 2.05) is 13.0 Å². The van der Waals surface area contributed by atoms with Gasteiger partial charge in [0.25, 0.3) is 0 Å². The van der Waals surface area contributed by atoms with Gasteiger partial charge in [0, 0.05) is 12.5 Å². The number of hydrogen-bond acceptors (Lipinski definition) is 2. The second-order valence-electron chi connectivity index (χ2n) is 7.21. The first-order chi connectivity index (χ1) is 12.1. The molecule has 2 aliphatic rings. The van der Waals surface area contributed by atoms with Crippen molar-refractivity contribution in [2.24, 2.45) is 0 Å². The van der Waals surface area contributed by atoms with E-state index in [0.717, 1.165) is 43.6 Å². The lowest BCUT2D eigenvalue weighted by molar-refractivity contribution is -0.124. The molecule has 130 valence electrons. The Hall–Kier alpha value is -2.36. The van der Waals surface area contributed by atoms with Crippen molar-refractivity contribution >= 4 is 5.91 Å². The van der Waals surface area contributed by atoms with Gasteiger partial charge in [0.1, 0.15) is 11.6 Å². The average Bonchev–Trinajstić information content (AvgIpc) is 3.27. The van der Waals surface area contributed by atoms with E-state index >= 15 is 0 Å². The molecule has 25 heavy (non-hydrogen) atoms. The molecule has 2 aromatic carbocycles. The van der Waals surface area contributed by atoms with Gasteiger partial charge < -0.3 is 10.1 Å². The molecule has 1 saturated carbocycles. The van der Waals surface area contributed by atoms with Crippen LogP contribution >= 0.6 is 0 Å². The normalized spacial score (nSPS) is 18.2. The van der Waals surface area contributed by atoms with Crippen molar-refractivity contribution < 1.29 is 13.9 Å². The smallest absolute Gasteiger partial charge is 0.230 e. The lowest BCUT2D eigenvalue weighted by Crippen LogP contribution is -2.41. The highest BCUT2D eigenvalue weighted by Crippen LogP contribution is 2.48. The third kappa shape index (κ3) is 3.13. The lowest BCUT2D eigenvalue weighted by Gasteiger charge is -2.20. The van der Waals surface area contributed by atoms with Crippen LogP contribution in [0.4, 0.5) is 4.39 Å². The first kappa shape index (κ1) is 16.1. The summed E-state index contributed by atoms with van der Waals surface area (Å²) in [6, 6.07) is 12.6. The number of nitrogens with one attached hydrogen (secondary N) is 1. The van der Waals surface area contributed by atoms with Gasteiger partial charge in [-0.2, -0.15) is 0 Å². The molecular weight excluding hydrogens is 317 g/mol. The van der Waals surface area contributed by atoms with Crippen LogP contribution < -0.4 is 10.1 Å². The Morgan fingerprint density at radius 3 is 2.72 bits per heavy atom. The topological polar surface area (TPSA) is 38.3 Å². The predicted molar refractivity (Wildman–Crippen MR) is 94.3 cm³/mol. The summed E-state index contributed by atoms with van der Waals surface area (Å²) in [6.07, 6.45) is 3.40. The zero-order valence-corrected chi connectivity index (χ0v) is 14.3. The third-order valence-electron chi connectivity index (χ3n) is 5.25. The number of rotatable bonds is 5. The molecule has 4 rings (SSSR count). The molecule has 0 bridgehead atoms. The Morgan fingerprint density at radius 1 is 1.24 bits per heavy atom. The van der Waals surface area contributed by atoms with Gasteiger partial charge in [-0.1, -0.05) is 24.3 Å². The molecule has 0 spiro atoms. The first-order valence-electron chi connectivity index (χ1n) is 8.88. The van der Waals surface area contributed by atoms with E-state index in [1.165, 1.54) is 23.3 Å². The van der Waals surface area contributed by atoms with Crippen LogP contribution in [-0.4, -0.2) is 18.6 Å². The van der Waals surface area contributed by atoms with E-state index in [4.69, 9.17) is 4.74 Å². The highest BCUT2D eigenvalue weighted by Gasteiger charge is 2.51. The van der Waals surface area contributed by atoms with Crippen molar-refractivity contribution in [1.29, 1.82) is 0 Å². The minimum Gasteiger partial charge on any atom is -0.493 e. The van der Waals surface area contributed by atoms with Crippen LogP contribution in [0.2, 0.25) is 0 Å². The van der Waals surface area contributed by atoms with Gasteiger partial charge in [-0.15, -0.1) is 0 Å². The fraction of sp³-hybridized carbons (Fsp3) is 0.381. The Labute approximate surface area is 147 Å². The molecule has 1 atom stereocenters. The van der Waals surface area contributed by atoms with Gasteiger partial charge in [0.05, 0.1) is 12.0 Å². The summed E-state index contributed by atoms with van der Waals surface area (Å²) in [6.45, 7) is 2.79. The van der Waals surface area contributed by atoms with Crippen molar-refractivity contribution in [3.05, 3.63) is 65.0 Å². The van der Waals surface area contributed by atoms with Gasteiger partial charge in [0.15, 0.2) is 0 Å². The van der Waals surface area contributed by atoms with Crippen LogP contribution in [0.3, 0.4) is 0 Å². The number of amides is 1. The Balaban J connectivity index is 1.41. The third-order valence-corrected chi connectivity index (χ3v) is 5.25. The van der Waals surface area contributed by atoms with Crippen molar-refractivity contribution in [2.75, 3.05) is 6.61 Å². The Bertz CT molecular complexity index is 796. The maximum Gasteiger partial charge on any atom is 0.230 e. The molecule has 1 unspecified atom stereocenters. The van der Waals surface area contributed by atoms with Gasteiger partial charge in [-0.25, -0.2) is 4.39 Å². The second-order valence-corrected chi connectivity index (χ2v) is 7.21. The van der Waals surface area contributed by atoms with E-state index in [9.17, 15) is 9.18 Å². The maximum atomic E-state index is 13.1. The van der Waals surface area contributed by atoms with Crippen LogP contribution in [0.25, 0.3) is 0 Å². The Kier molecular flexibility index (Phi) is 3.98. The number of carbonyl (C=O) groups is 1. The molecule has 2 aromatic rings. The van der Waals surface area contributed by atoms with Crippen molar-refractivity contribution in [3.63, 3.8) is 0 Å². The van der Waals surface area contributed by atoms with Crippen molar-refractivity contribution in [1.82, 2.24) is 5.32 Å². The Morgan fingerprint density at radius 2 is 2.00 bits per heavy atom. The summed E-state index contributed by atoms with van der Waals surface area (Å²) >= 11 is 0. The molecule has 0 aromatic heterocycles. The number of fused-ring (bicyclic) bond motifs is 1. The van der Waals surface area contributed by atoms with Gasteiger partial charge in [-0.05, 0) is 61.1 Å². The molecule has 1 heterocycles. The average molecular weight is 339 g/mol. The fourth-order valence-electron chi connectivity index (χ4n) is 3.67. The van der Waals surface area contributed by atoms with Crippen LogP contribution in [0, 0.1) is 5.82 Å². The molecule has 4 heteroatoms. The molecule has 1 amide bonds. The van der Waals surface area contributed by atoms with Crippen molar-refractivity contribution in [3.8, 4) is 5.75 Å². The standard InChI is InChI=1S/C21H22FNO2/c1-14(12-15-2-7-19-16(13-15)8-11-25-19)23-20(24)21(9-10-21)17-3-5-18(22)6-4-17/h2-7,13-14H,8-12H2,1H3,(H,23,24). The van der Waals surface area contributed by atoms with E-state index in [1.54, 1.807) is 12.1 Å². The van der Waals surface area contributed by atoms with Gasteiger partial charge in [0.2, 0.25) is 5.91 Å². The number of ether oxygens (including phenoxy) is 1. The molecule has 3 nitrogen and oxygen atoms in total. The minimum atomic E-state index is -0.465. The van der Waals surface area contributed by atoms with Crippen LogP contribution in [-0.2, 0) is 23.1 Å². The lowest BCUT2D eigenvalue weighted by atomic mass is 9.94. The summed E-state index contributed by atoms with van der Waals surface area (Å²) in [5.74, 6) is 0.763. The molecule has 1 aliphatic carbocycles. The highest BCUT2D eigenvalue weighted by molar-refractivity contribution is 5.91. The van der Waals surface area contributed by atoms with E-state index in [0.29, 0.717) is 0 Å². The predicted octanol–water partition coefficient (Wildman–Crippen LogP) is 3.54. The summed E-state index contributed by atoms with van der Waals surface area (Å²) in [7, 11) is 0. The van der Waals surface area contributed by atoms with Gasteiger partial charge >= 0.3 is 0 Å². The molecule has 0 radical (unpaired) electrons. The van der Waals surface area contributed by atoms with E-state index in [-0.39, 0.29) is 17.8 Å². The van der Waals surface area contributed by atoms with Crippen LogP contribution in [0.1, 0.15) is 36.5 Å². The summed E-state index contributed by atoms with van der Waals surface area (Å²) in [5.41, 5.74) is 2.91. The number of carbonyl (C=O) groups excluding carboxylic acids is 1. The minimum absolute atomic E-state index is 0.0470. The molecule has 1 N–H and O–H groups in total. The summed E-state index contributed by atoms with van der Waals surface area (Å²) in [5, 5.41) is 3.15. The zero-order chi connectivity index (χ0) is 17.4. The zero-order valence-electron chi connectivity index (χ0n) is 14.3. The van der Waals surface area contributed by atoms with Crippen LogP contribution in [0.15, 0.2) is 42.5 Å². The highest BCUT2D eigenvalue weighted by atomic mass is 19.1. The van der Waals surface area contributed by atoms with Gasteiger partial charge in [-0.3, -0.25) is 4.79 Å². The number of halogens is 1. The molecule has 1 aliphatic heterocycles. The number of hydrogen-bond donors (Lipinski definition) is 1. The van der Waals surface area contributed by atoms with E-state index < -0.39 is 5.41 Å². The summed E-state index contributed by atoms with van der Waals surface area (Å²) in [4.78, 5) is 12.8. The summed E-state index contributed by atoms with van der Waals surface area (Å²) < 4.78 is 18.7. The second kappa shape index (κ2) is 6.17.